The van der Waals surface area contributed by atoms with E-state index >= 15 is 0 Å². The van der Waals surface area contributed by atoms with E-state index < -0.39 is 0 Å². The highest BCUT2D eigenvalue weighted by molar-refractivity contribution is 5.94. The molecule has 0 unspecified atom stereocenters. The van der Waals surface area contributed by atoms with Gasteiger partial charge in [-0.3, -0.25) is 9.80 Å². The van der Waals surface area contributed by atoms with Crippen molar-refractivity contribution >= 4 is 11.6 Å². The molecule has 0 saturated carbocycles. The van der Waals surface area contributed by atoms with Crippen molar-refractivity contribution in [1.29, 1.82) is 0 Å². The van der Waals surface area contributed by atoms with Gasteiger partial charge in [-0.25, -0.2) is 0 Å². The number of hydrogen-bond donors (Lipinski definition) is 0. The average Bonchev–Trinajstić information content (AvgIpc) is 2.46. The molecule has 19 heavy (non-hydrogen) atoms. The molecule has 0 spiro atoms. The molecule has 0 bridgehead atoms. The van der Waals surface area contributed by atoms with Crippen molar-refractivity contribution in [2.75, 3.05) is 27.2 Å². The zero-order valence-electron chi connectivity index (χ0n) is 11.5. The fourth-order valence-electron chi connectivity index (χ4n) is 2.01. The van der Waals surface area contributed by atoms with Crippen LogP contribution in [0.2, 0.25) is 0 Å². The number of hydrogen-bond acceptors (Lipinski definition) is 3. The molecule has 1 fully saturated rings. The molecule has 1 aliphatic rings. The Balaban J connectivity index is 1.98. The van der Waals surface area contributed by atoms with Crippen LogP contribution in [0.4, 0.5) is 5.69 Å². The third-order valence-electron chi connectivity index (χ3n) is 3.14. The van der Waals surface area contributed by atoms with Gasteiger partial charge >= 0.3 is 0 Å². The van der Waals surface area contributed by atoms with Crippen LogP contribution in [0, 0.1) is 0 Å². The van der Waals surface area contributed by atoms with Crippen molar-refractivity contribution in [3.8, 4) is 0 Å². The first kappa shape index (κ1) is 13.5. The quantitative estimate of drug-likeness (QED) is 0.785. The van der Waals surface area contributed by atoms with Gasteiger partial charge in [-0.2, -0.15) is 0 Å². The second kappa shape index (κ2) is 6.31. The molecule has 102 valence electrons. The second-order valence-corrected chi connectivity index (χ2v) is 4.95. The average molecular weight is 260 g/mol. The molecule has 5 heteroatoms. The van der Waals surface area contributed by atoms with Crippen molar-refractivity contribution in [3.63, 3.8) is 0 Å². The molecular weight excluding hydrogens is 240 g/mol. The second-order valence-electron chi connectivity index (χ2n) is 4.95. The van der Waals surface area contributed by atoms with Crippen molar-refractivity contribution in [3.05, 3.63) is 29.8 Å². The third kappa shape index (κ3) is 3.77. The smallest absolute Gasteiger partial charge is 0.253 e. The minimum absolute atomic E-state index is 0.000445. The van der Waals surface area contributed by atoms with Crippen LogP contribution in [-0.4, -0.2) is 43.0 Å². The molecule has 1 aromatic rings. The molecule has 1 aliphatic heterocycles. The standard InChI is InChI=1S/C14H20N4O/c1-17(2)14(19)12-6-8-13(9-7-12)15-16-18-10-4-3-5-11-18/h6-9H,3-5,10-11H2,1-2H3. The molecule has 0 N–H and O–H groups in total. The maximum absolute atomic E-state index is 11.7. The number of rotatable bonds is 3. The summed E-state index contributed by atoms with van der Waals surface area (Å²) in [5.74, 6) is -0.000445. The fourth-order valence-corrected chi connectivity index (χ4v) is 2.01. The van der Waals surface area contributed by atoms with E-state index in [9.17, 15) is 4.79 Å². The topological polar surface area (TPSA) is 48.3 Å². The summed E-state index contributed by atoms with van der Waals surface area (Å²) in [6.07, 6.45) is 3.66. The van der Waals surface area contributed by atoms with Crippen LogP contribution in [0.1, 0.15) is 29.6 Å². The Morgan fingerprint density at radius 1 is 1.11 bits per heavy atom. The first-order valence-electron chi connectivity index (χ1n) is 6.65. The Kier molecular flexibility index (Phi) is 4.49. The summed E-state index contributed by atoms with van der Waals surface area (Å²) in [5, 5.41) is 10.4. The predicted molar refractivity (Wildman–Crippen MR) is 74.4 cm³/mol. The predicted octanol–water partition coefficient (Wildman–Crippen LogP) is 2.87. The Hall–Kier alpha value is -1.91. The number of carbonyl (C=O) groups is 1. The van der Waals surface area contributed by atoms with Gasteiger partial charge in [-0.05, 0) is 43.5 Å². The molecule has 0 aromatic heterocycles. The van der Waals surface area contributed by atoms with Crippen molar-refractivity contribution in [2.45, 2.75) is 19.3 Å². The summed E-state index contributed by atoms with van der Waals surface area (Å²) in [6, 6.07) is 7.22. The van der Waals surface area contributed by atoms with E-state index in [0.717, 1.165) is 18.8 Å². The van der Waals surface area contributed by atoms with Crippen molar-refractivity contribution in [1.82, 2.24) is 9.91 Å². The lowest BCUT2D eigenvalue weighted by atomic mass is 10.2. The SMILES string of the molecule is CN(C)C(=O)c1ccc(N=NN2CCCCC2)cc1. The van der Waals surface area contributed by atoms with Gasteiger partial charge < -0.3 is 4.90 Å². The molecular formula is C14H20N4O. The number of carbonyl (C=O) groups excluding carboxylic acids is 1. The van der Waals surface area contributed by atoms with Gasteiger partial charge in [0, 0.05) is 32.7 Å². The number of benzene rings is 1. The molecule has 5 nitrogen and oxygen atoms in total. The molecule has 2 rings (SSSR count). The lowest BCUT2D eigenvalue weighted by molar-refractivity contribution is 0.0827. The fraction of sp³-hybridized carbons (Fsp3) is 0.500. The Morgan fingerprint density at radius 3 is 2.32 bits per heavy atom. The maximum Gasteiger partial charge on any atom is 0.253 e. The molecule has 0 atom stereocenters. The number of piperidine rings is 1. The minimum atomic E-state index is -0.000445. The normalized spacial score (nSPS) is 15.8. The van der Waals surface area contributed by atoms with E-state index in [1.54, 1.807) is 31.1 Å². The molecule has 1 heterocycles. The van der Waals surface area contributed by atoms with Crippen LogP contribution in [0.3, 0.4) is 0 Å². The van der Waals surface area contributed by atoms with E-state index in [0.29, 0.717) is 5.56 Å². The summed E-state index contributed by atoms with van der Waals surface area (Å²) in [4.78, 5) is 13.3. The van der Waals surface area contributed by atoms with Crippen LogP contribution in [0.15, 0.2) is 34.6 Å². The largest absolute Gasteiger partial charge is 0.345 e. The third-order valence-corrected chi connectivity index (χ3v) is 3.14. The van der Waals surface area contributed by atoms with Gasteiger partial charge in [-0.1, -0.05) is 5.22 Å². The van der Waals surface area contributed by atoms with Gasteiger partial charge in [0.15, 0.2) is 0 Å². The van der Waals surface area contributed by atoms with Crippen molar-refractivity contribution < 1.29 is 4.79 Å². The molecule has 0 aliphatic carbocycles. The first-order valence-corrected chi connectivity index (χ1v) is 6.65. The maximum atomic E-state index is 11.7. The number of nitrogens with zero attached hydrogens (tertiary/aromatic N) is 4. The molecule has 1 saturated heterocycles. The molecule has 1 amide bonds. The number of amides is 1. The monoisotopic (exact) mass is 260 g/mol. The highest BCUT2D eigenvalue weighted by Crippen LogP contribution is 2.16. The van der Waals surface area contributed by atoms with E-state index in [1.807, 2.05) is 17.1 Å². The first-order chi connectivity index (χ1) is 9.16. The summed E-state index contributed by atoms with van der Waals surface area (Å²) < 4.78 is 0. The Bertz CT molecular complexity index is 447. The molecule has 0 radical (unpaired) electrons. The van der Waals surface area contributed by atoms with Crippen LogP contribution >= 0.6 is 0 Å². The molecule has 1 aromatic carbocycles. The minimum Gasteiger partial charge on any atom is -0.345 e. The summed E-state index contributed by atoms with van der Waals surface area (Å²) in [7, 11) is 3.48. The van der Waals surface area contributed by atoms with Crippen LogP contribution in [0.25, 0.3) is 0 Å². The highest BCUT2D eigenvalue weighted by atomic mass is 16.2. The zero-order valence-corrected chi connectivity index (χ0v) is 11.5. The van der Waals surface area contributed by atoms with Gasteiger partial charge in [-0.15, -0.1) is 5.11 Å². The zero-order chi connectivity index (χ0) is 13.7. The van der Waals surface area contributed by atoms with E-state index in [4.69, 9.17) is 0 Å². The van der Waals surface area contributed by atoms with Crippen LogP contribution < -0.4 is 0 Å². The Labute approximate surface area is 113 Å². The Morgan fingerprint density at radius 2 is 1.74 bits per heavy atom. The van der Waals surface area contributed by atoms with E-state index in [-0.39, 0.29) is 5.91 Å². The van der Waals surface area contributed by atoms with Gasteiger partial charge in [0.25, 0.3) is 5.91 Å². The van der Waals surface area contributed by atoms with E-state index in [1.165, 1.54) is 19.3 Å². The lowest BCUT2D eigenvalue weighted by Crippen LogP contribution is -2.23. The summed E-state index contributed by atoms with van der Waals surface area (Å²) >= 11 is 0. The summed E-state index contributed by atoms with van der Waals surface area (Å²) in [6.45, 7) is 1.97. The lowest BCUT2D eigenvalue weighted by Gasteiger charge is -2.21. The van der Waals surface area contributed by atoms with Crippen LogP contribution in [0.5, 0.6) is 0 Å². The summed E-state index contributed by atoms with van der Waals surface area (Å²) in [5.41, 5.74) is 1.45. The van der Waals surface area contributed by atoms with Crippen LogP contribution in [-0.2, 0) is 0 Å². The van der Waals surface area contributed by atoms with Gasteiger partial charge in [0.2, 0.25) is 0 Å². The van der Waals surface area contributed by atoms with Gasteiger partial charge in [0.1, 0.15) is 0 Å². The van der Waals surface area contributed by atoms with Crippen molar-refractivity contribution in [2.24, 2.45) is 10.3 Å². The highest BCUT2D eigenvalue weighted by Gasteiger charge is 2.08. The van der Waals surface area contributed by atoms with E-state index in [2.05, 4.69) is 10.3 Å². The van der Waals surface area contributed by atoms with Gasteiger partial charge in [0.05, 0.1) is 5.69 Å².